The van der Waals surface area contributed by atoms with Gasteiger partial charge in [0.1, 0.15) is 5.82 Å². The number of nitrogens with zero attached hydrogens (tertiary/aromatic N) is 3. The number of carbonyl (C=O) groups excluding carboxylic acids is 2. The number of esters is 1. The third-order valence-electron chi connectivity index (χ3n) is 5.60. The lowest BCUT2D eigenvalue weighted by molar-refractivity contribution is -0.120. The molecule has 1 amide bonds. The van der Waals surface area contributed by atoms with E-state index in [0.717, 1.165) is 19.4 Å². The lowest BCUT2D eigenvalue weighted by atomic mass is 9.97. The number of hydrogen-bond donors (Lipinski definition) is 1. The molecule has 9 heteroatoms. The van der Waals surface area contributed by atoms with Crippen molar-refractivity contribution in [3.63, 3.8) is 0 Å². The summed E-state index contributed by atoms with van der Waals surface area (Å²) in [7, 11) is 0. The number of carbonyl (C=O) groups is 2. The van der Waals surface area contributed by atoms with Gasteiger partial charge in [-0.15, -0.1) is 5.10 Å². The van der Waals surface area contributed by atoms with Crippen LogP contribution in [0.2, 0.25) is 5.02 Å². The molecule has 0 saturated carbocycles. The Kier molecular flexibility index (Phi) is 7.27. The average Bonchev–Trinajstić information content (AvgIpc) is 2.85. The van der Waals surface area contributed by atoms with E-state index >= 15 is 0 Å². The van der Waals surface area contributed by atoms with Crippen LogP contribution in [-0.2, 0) is 9.53 Å². The van der Waals surface area contributed by atoms with Gasteiger partial charge in [0.15, 0.2) is 0 Å². The molecule has 1 fully saturated rings. The molecular formula is C25H25ClN4O4. The summed E-state index contributed by atoms with van der Waals surface area (Å²) in [6.07, 6.45) is 1.53. The number of aromatic nitrogens is 2. The number of amides is 1. The average molecular weight is 481 g/mol. The van der Waals surface area contributed by atoms with E-state index in [-0.39, 0.29) is 24.0 Å². The van der Waals surface area contributed by atoms with Crippen LogP contribution in [0.15, 0.2) is 65.5 Å². The van der Waals surface area contributed by atoms with Crippen molar-refractivity contribution >= 4 is 35.0 Å². The number of benzene rings is 2. The van der Waals surface area contributed by atoms with Gasteiger partial charge in [-0.2, -0.15) is 4.68 Å². The Morgan fingerprint density at radius 1 is 1.15 bits per heavy atom. The predicted octanol–water partition coefficient (Wildman–Crippen LogP) is 3.92. The minimum Gasteiger partial charge on any atom is -0.462 e. The molecule has 1 aromatic heterocycles. The van der Waals surface area contributed by atoms with Gasteiger partial charge < -0.3 is 15.0 Å². The summed E-state index contributed by atoms with van der Waals surface area (Å²) < 4.78 is 6.34. The van der Waals surface area contributed by atoms with Crippen molar-refractivity contribution < 1.29 is 14.3 Å². The lowest BCUT2D eigenvalue weighted by Crippen LogP contribution is -2.41. The van der Waals surface area contributed by atoms with Crippen LogP contribution < -0.4 is 15.8 Å². The van der Waals surface area contributed by atoms with Gasteiger partial charge in [-0.25, -0.2) is 4.79 Å². The molecular weight excluding hydrogens is 456 g/mol. The zero-order chi connectivity index (χ0) is 24.1. The van der Waals surface area contributed by atoms with Crippen molar-refractivity contribution in [3.05, 3.63) is 81.6 Å². The number of piperidine rings is 1. The summed E-state index contributed by atoms with van der Waals surface area (Å²) in [4.78, 5) is 39.4. The van der Waals surface area contributed by atoms with Gasteiger partial charge in [-0.1, -0.05) is 23.7 Å². The molecule has 0 unspecified atom stereocenters. The Morgan fingerprint density at radius 2 is 1.97 bits per heavy atom. The first kappa shape index (κ1) is 23.5. The third kappa shape index (κ3) is 5.46. The van der Waals surface area contributed by atoms with E-state index in [1.165, 1.54) is 10.7 Å². The van der Waals surface area contributed by atoms with E-state index < -0.39 is 5.97 Å². The van der Waals surface area contributed by atoms with Crippen molar-refractivity contribution in [2.24, 2.45) is 5.92 Å². The Bertz CT molecular complexity index is 1260. The standard InChI is InChI=1S/C25H25ClN4O4/c1-2-34-25(33)17-6-3-9-20(14-17)27-24(32)18-7-5-13-29(16-18)22-11-12-23(31)30(28-22)21-10-4-8-19(26)15-21/h3-4,6,8-12,14-15,18H,2,5,7,13,16H2,1H3,(H,27,32)/t18-/m0/s1. The fourth-order valence-corrected chi connectivity index (χ4v) is 4.13. The van der Waals surface area contributed by atoms with Crippen LogP contribution in [0.4, 0.5) is 11.5 Å². The van der Waals surface area contributed by atoms with Crippen molar-refractivity contribution in [1.29, 1.82) is 0 Å². The van der Waals surface area contributed by atoms with Crippen LogP contribution in [0.25, 0.3) is 5.69 Å². The van der Waals surface area contributed by atoms with Gasteiger partial charge in [0, 0.05) is 29.9 Å². The second kappa shape index (κ2) is 10.5. The molecule has 8 nitrogen and oxygen atoms in total. The van der Waals surface area contributed by atoms with E-state index in [4.69, 9.17) is 16.3 Å². The van der Waals surface area contributed by atoms with E-state index in [1.807, 2.05) is 4.90 Å². The van der Waals surface area contributed by atoms with Crippen LogP contribution in [-0.4, -0.2) is 41.4 Å². The molecule has 1 aliphatic heterocycles. The van der Waals surface area contributed by atoms with Crippen molar-refractivity contribution in [3.8, 4) is 5.69 Å². The topological polar surface area (TPSA) is 93.5 Å². The molecule has 34 heavy (non-hydrogen) atoms. The van der Waals surface area contributed by atoms with Gasteiger partial charge in [0.2, 0.25) is 5.91 Å². The maximum Gasteiger partial charge on any atom is 0.338 e. The highest BCUT2D eigenvalue weighted by molar-refractivity contribution is 6.30. The maximum absolute atomic E-state index is 13.0. The highest BCUT2D eigenvalue weighted by Gasteiger charge is 2.27. The number of ether oxygens (including phenoxy) is 1. The second-order valence-electron chi connectivity index (χ2n) is 8.00. The SMILES string of the molecule is CCOC(=O)c1cccc(NC(=O)[C@H]2CCCN(c3ccc(=O)n(-c4cccc(Cl)c4)n3)C2)c1. The maximum atomic E-state index is 13.0. The molecule has 0 bridgehead atoms. The molecule has 0 aliphatic carbocycles. The Hall–Kier alpha value is -3.65. The lowest BCUT2D eigenvalue weighted by Gasteiger charge is -2.33. The molecule has 4 rings (SSSR count). The molecule has 2 aromatic carbocycles. The summed E-state index contributed by atoms with van der Waals surface area (Å²) in [5, 5.41) is 7.94. The minimum atomic E-state index is -0.427. The van der Waals surface area contributed by atoms with Gasteiger partial charge >= 0.3 is 5.97 Å². The minimum absolute atomic E-state index is 0.131. The van der Waals surface area contributed by atoms with Crippen LogP contribution in [0.3, 0.4) is 0 Å². The zero-order valence-corrected chi connectivity index (χ0v) is 19.5. The van der Waals surface area contributed by atoms with E-state index in [9.17, 15) is 14.4 Å². The van der Waals surface area contributed by atoms with Crippen LogP contribution in [0.5, 0.6) is 0 Å². The fourth-order valence-electron chi connectivity index (χ4n) is 3.94. The van der Waals surface area contributed by atoms with Crippen LogP contribution in [0, 0.1) is 5.92 Å². The third-order valence-corrected chi connectivity index (χ3v) is 5.83. The first-order valence-electron chi connectivity index (χ1n) is 11.1. The van der Waals surface area contributed by atoms with Gasteiger partial charge in [-0.05, 0) is 62.2 Å². The van der Waals surface area contributed by atoms with Gasteiger partial charge in [0.05, 0.1) is 23.8 Å². The summed E-state index contributed by atoms with van der Waals surface area (Å²) in [6, 6.07) is 16.8. The summed E-state index contributed by atoms with van der Waals surface area (Å²) in [5.74, 6) is -0.216. The predicted molar refractivity (Wildman–Crippen MR) is 131 cm³/mol. The van der Waals surface area contributed by atoms with E-state index in [0.29, 0.717) is 34.3 Å². The Morgan fingerprint density at radius 3 is 2.76 bits per heavy atom. The van der Waals surface area contributed by atoms with E-state index in [1.54, 1.807) is 61.5 Å². The van der Waals surface area contributed by atoms with Gasteiger partial charge in [-0.3, -0.25) is 9.59 Å². The molecule has 1 saturated heterocycles. The van der Waals surface area contributed by atoms with Crippen LogP contribution >= 0.6 is 11.6 Å². The van der Waals surface area contributed by atoms with Crippen molar-refractivity contribution in [2.75, 3.05) is 29.9 Å². The Labute approximate surface area is 202 Å². The zero-order valence-electron chi connectivity index (χ0n) is 18.7. The number of nitrogens with one attached hydrogen (secondary N) is 1. The monoisotopic (exact) mass is 480 g/mol. The molecule has 0 radical (unpaired) electrons. The molecule has 2 heterocycles. The number of rotatable bonds is 6. The molecule has 1 atom stereocenters. The normalized spacial score (nSPS) is 15.6. The molecule has 0 spiro atoms. The van der Waals surface area contributed by atoms with Crippen molar-refractivity contribution in [1.82, 2.24) is 9.78 Å². The first-order chi connectivity index (χ1) is 16.4. The number of halogens is 1. The molecule has 176 valence electrons. The smallest absolute Gasteiger partial charge is 0.338 e. The number of hydrogen-bond acceptors (Lipinski definition) is 6. The molecule has 1 aliphatic rings. The fraction of sp³-hybridized carbons (Fsp3) is 0.280. The molecule has 3 aromatic rings. The summed E-state index contributed by atoms with van der Waals surface area (Å²) in [5.41, 5.74) is 1.24. The highest BCUT2D eigenvalue weighted by atomic mass is 35.5. The quantitative estimate of drug-likeness (QED) is 0.537. The van der Waals surface area contributed by atoms with Crippen LogP contribution in [0.1, 0.15) is 30.1 Å². The largest absolute Gasteiger partial charge is 0.462 e. The first-order valence-corrected chi connectivity index (χ1v) is 11.5. The van der Waals surface area contributed by atoms with E-state index in [2.05, 4.69) is 10.4 Å². The summed E-state index contributed by atoms with van der Waals surface area (Å²) >= 11 is 6.08. The Balaban J connectivity index is 1.48. The summed E-state index contributed by atoms with van der Waals surface area (Å²) in [6.45, 7) is 3.22. The second-order valence-corrected chi connectivity index (χ2v) is 8.43. The number of anilines is 2. The van der Waals surface area contributed by atoms with Gasteiger partial charge in [0.25, 0.3) is 5.56 Å². The van der Waals surface area contributed by atoms with Crippen molar-refractivity contribution in [2.45, 2.75) is 19.8 Å². The highest BCUT2D eigenvalue weighted by Crippen LogP contribution is 2.23. The molecule has 1 N–H and O–H groups in total.